The molecule has 0 bridgehead atoms. The number of fused-ring (bicyclic) bond motifs is 1. The zero-order valence-corrected chi connectivity index (χ0v) is 19.4. The molecule has 0 spiro atoms. The number of benzene rings is 2. The first kappa shape index (κ1) is 22.0. The van der Waals surface area contributed by atoms with Crippen molar-refractivity contribution < 1.29 is 4.79 Å². The Labute approximate surface area is 195 Å². The lowest BCUT2D eigenvalue weighted by atomic mass is 10.0. The Morgan fingerprint density at radius 2 is 1.91 bits per heavy atom. The van der Waals surface area contributed by atoms with Crippen molar-refractivity contribution in [3.63, 3.8) is 0 Å². The summed E-state index contributed by atoms with van der Waals surface area (Å²) in [6.07, 6.45) is 1.63. The van der Waals surface area contributed by atoms with Crippen LogP contribution < -0.4 is 5.43 Å². The van der Waals surface area contributed by atoms with Crippen molar-refractivity contribution in [1.29, 1.82) is 0 Å². The number of rotatable bonds is 5. The molecular formula is C24H21Cl2N5O. The fourth-order valence-corrected chi connectivity index (χ4v) is 3.89. The van der Waals surface area contributed by atoms with Gasteiger partial charge in [0.15, 0.2) is 0 Å². The summed E-state index contributed by atoms with van der Waals surface area (Å²) in [5.41, 5.74) is 7.93. The molecule has 0 unspecified atom stereocenters. The molecule has 0 aliphatic carbocycles. The van der Waals surface area contributed by atoms with Gasteiger partial charge in [-0.1, -0.05) is 47.5 Å². The minimum Gasteiger partial charge on any atom is -0.269 e. The molecule has 4 rings (SSSR count). The number of aryl methyl sites for hydroxylation is 2. The quantitative estimate of drug-likeness (QED) is 0.298. The maximum Gasteiger partial charge on any atom is 0.272 e. The Hall–Kier alpha value is -3.22. The van der Waals surface area contributed by atoms with Gasteiger partial charge in [0.05, 0.1) is 38.7 Å². The smallest absolute Gasteiger partial charge is 0.269 e. The third kappa shape index (κ3) is 4.24. The van der Waals surface area contributed by atoms with Crippen LogP contribution in [-0.2, 0) is 6.54 Å². The Morgan fingerprint density at radius 1 is 1.12 bits per heavy atom. The van der Waals surface area contributed by atoms with E-state index in [4.69, 9.17) is 28.2 Å². The Morgan fingerprint density at radius 3 is 2.62 bits per heavy atom. The van der Waals surface area contributed by atoms with E-state index in [0.29, 0.717) is 26.8 Å². The lowest BCUT2D eigenvalue weighted by Crippen LogP contribution is -2.18. The van der Waals surface area contributed by atoms with Crippen LogP contribution >= 0.6 is 23.2 Å². The van der Waals surface area contributed by atoms with Gasteiger partial charge >= 0.3 is 0 Å². The second kappa shape index (κ2) is 9.10. The highest BCUT2D eigenvalue weighted by molar-refractivity contribution is 6.42. The van der Waals surface area contributed by atoms with Gasteiger partial charge in [-0.2, -0.15) is 10.2 Å². The maximum atomic E-state index is 13.1. The van der Waals surface area contributed by atoms with Crippen molar-refractivity contribution in [2.24, 2.45) is 5.10 Å². The van der Waals surface area contributed by atoms with E-state index in [-0.39, 0.29) is 5.91 Å². The molecular weight excluding hydrogens is 445 g/mol. The van der Waals surface area contributed by atoms with Crippen molar-refractivity contribution in [3.05, 3.63) is 81.1 Å². The second-order valence-corrected chi connectivity index (χ2v) is 8.11. The van der Waals surface area contributed by atoms with Crippen LogP contribution in [0.15, 0.2) is 53.6 Å². The van der Waals surface area contributed by atoms with Crippen LogP contribution in [0.25, 0.3) is 22.2 Å². The number of amides is 1. The van der Waals surface area contributed by atoms with E-state index < -0.39 is 0 Å². The van der Waals surface area contributed by atoms with Gasteiger partial charge in [0.25, 0.3) is 5.91 Å². The molecule has 4 aromatic rings. The number of carbonyl (C=O) groups is 1. The molecule has 2 aromatic heterocycles. The number of carbonyl (C=O) groups excluding carboxylic acids is 1. The van der Waals surface area contributed by atoms with E-state index >= 15 is 0 Å². The van der Waals surface area contributed by atoms with E-state index in [1.165, 1.54) is 0 Å². The van der Waals surface area contributed by atoms with E-state index in [1.807, 2.05) is 55.8 Å². The summed E-state index contributed by atoms with van der Waals surface area (Å²) in [6, 6.07) is 14.5. The van der Waals surface area contributed by atoms with Crippen LogP contribution in [-0.4, -0.2) is 26.9 Å². The van der Waals surface area contributed by atoms with Gasteiger partial charge in [0.2, 0.25) is 0 Å². The van der Waals surface area contributed by atoms with Crippen LogP contribution in [0.3, 0.4) is 0 Å². The highest BCUT2D eigenvalue weighted by atomic mass is 35.5. The number of hydrogen-bond acceptors (Lipinski definition) is 4. The first-order valence-corrected chi connectivity index (χ1v) is 10.9. The molecule has 162 valence electrons. The molecule has 1 amide bonds. The highest BCUT2D eigenvalue weighted by Gasteiger charge is 2.15. The summed E-state index contributed by atoms with van der Waals surface area (Å²) in [5.74, 6) is -0.334. The monoisotopic (exact) mass is 465 g/mol. The molecule has 8 heteroatoms. The van der Waals surface area contributed by atoms with Crippen molar-refractivity contribution in [1.82, 2.24) is 20.2 Å². The number of nitrogens with zero attached hydrogens (tertiary/aromatic N) is 4. The average Bonchev–Trinajstić information content (AvgIpc) is 3.07. The molecule has 0 aliphatic heterocycles. The number of hydrogen-bond donors (Lipinski definition) is 1. The van der Waals surface area contributed by atoms with Gasteiger partial charge in [0, 0.05) is 28.8 Å². The summed E-state index contributed by atoms with van der Waals surface area (Å²) in [7, 11) is 0. The largest absolute Gasteiger partial charge is 0.272 e. The lowest BCUT2D eigenvalue weighted by Gasteiger charge is -2.09. The topological polar surface area (TPSA) is 72.2 Å². The van der Waals surface area contributed by atoms with Gasteiger partial charge in [-0.05, 0) is 45.0 Å². The maximum absolute atomic E-state index is 13.1. The molecule has 2 heterocycles. The molecule has 2 aromatic carbocycles. The Balaban J connectivity index is 1.69. The van der Waals surface area contributed by atoms with E-state index in [9.17, 15) is 4.79 Å². The number of pyridine rings is 1. The Bertz CT molecular complexity index is 1360. The molecule has 1 N–H and O–H groups in total. The number of aromatic nitrogens is 3. The Kier molecular flexibility index (Phi) is 6.26. The summed E-state index contributed by atoms with van der Waals surface area (Å²) in [5, 5.41) is 10.3. The van der Waals surface area contributed by atoms with Crippen LogP contribution in [0.5, 0.6) is 0 Å². The lowest BCUT2D eigenvalue weighted by molar-refractivity contribution is 0.0956. The fourth-order valence-electron chi connectivity index (χ4n) is 3.59. The van der Waals surface area contributed by atoms with E-state index in [2.05, 4.69) is 15.6 Å². The predicted octanol–water partition coefficient (Wildman–Crippen LogP) is 5.81. The van der Waals surface area contributed by atoms with Crippen LogP contribution in [0, 0.1) is 13.8 Å². The van der Waals surface area contributed by atoms with Crippen LogP contribution in [0.2, 0.25) is 10.0 Å². The molecule has 0 radical (unpaired) electrons. The molecule has 6 nitrogen and oxygen atoms in total. The van der Waals surface area contributed by atoms with Gasteiger partial charge in [0.1, 0.15) is 0 Å². The minimum absolute atomic E-state index is 0.334. The van der Waals surface area contributed by atoms with E-state index in [1.54, 1.807) is 24.4 Å². The summed E-state index contributed by atoms with van der Waals surface area (Å²) in [4.78, 5) is 17.8. The van der Waals surface area contributed by atoms with E-state index in [0.717, 1.165) is 34.4 Å². The van der Waals surface area contributed by atoms with Crippen molar-refractivity contribution in [2.45, 2.75) is 27.3 Å². The summed E-state index contributed by atoms with van der Waals surface area (Å²) in [6.45, 7) is 6.70. The van der Waals surface area contributed by atoms with Crippen molar-refractivity contribution in [2.75, 3.05) is 0 Å². The van der Waals surface area contributed by atoms with Crippen LogP contribution in [0.1, 0.15) is 34.2 Å². The third-order valence-electron chi connectivity index (χ3n) is 5.27. The van der Waals surface area contributed by atoms with Crippen LogP contribution in [0.4, 0.5) is 0 Å². The number of halogens is 2. The van der Waals surface area contributed by atoms with Gasteiger partial charge in [-0.25, -0.2) is 10.4 Å². The average molecular weight is 466 g/mol. The molecule has 0 fully saturated rings. The third-order valence-corrected chi connectivity index (χ3v) is 6.01. The normalized spacial score (nSPS) is 11.4. The SMILES string of the molecule is CCn1nc(C)c(/C=N\NC(=O)c2cc(-c3ccc(Cl)c(Cl)c3)nc3ccccc23)c1C. The number of nitrogens with one attached hydrogen (secondary N) is 1. The molecule has 0 saturated carbocycles. The summed E-state index contributed by atoms with van der Waals surface area (Å²) < 4.78 is 1.90. The first-order valence-electron chi connectivity index (χ1n) is 10.1. The molecule has 32 heavy (non-hydrogen) atoms. The number of para-hydroxylation sites is 1. The van der Waals surface area contributed by atoms with Gasteiger partial charge in [-0.3, -0.25) is 9.48 Å². The van der Waals surface area contributed by atoms with Gasteiger partial charge < -0.3 is 0 Å². The van der Waals surface area contributed by atoms with Crippen molar-refractivity contribution in [3.8, 4) is 11.3 Å². The fraction of sp³-hybridized carbons (Fsp3) is 0.167. The molecule has 0 atom stereocenters. The number of hydrazone groups is 1. The summed E-state index contributed by atoms with van der Waals surface area (Å²) >= 11 is 12.2. The standard InChI is InChI=1S/C24H21Cl2N5O/c1-4-31-15(3)19(14(2)30-31)13-27-29-24(32)18-12-23(16-9-10-20(25)21(26)11-16)28-22-8-6-5-7-17(18)22/h5-13H,4H2,1-3H3,(H,29,32)/b27-13-. The zero-order chi connectivity index (χ0) is 22.8. The highest BCUT2D eigenvalue weighted by Crippen LogP contribution is 2.30. The van der Waals surface area contributed by atoms with Gasteiger partial charge in [-0.15, -0.1) is 0 Å². The molecule has 0 aliphatic rings. The van der Waals surface area contributed by atoms with Crippen molar-refractivity contribution >= 4 is 46.2 Å². The minimum atomic E-state index is -0.334. The molecule has 0 saturated heterocycles. The predicted molar refractivity (Wildman–Crippen MR) is 130 cm³/mol. The second-order valence-electron chi connectivity index (χ2n) is 7.30. The zero-order valence-electron chi connectivity index (χ0n) is 17.9. The first-order chi connectivity index (χ1) is 15.4.